The van der Waals surface area contributed by atoms with Crippen LogP contribution in [0.1, 0.15) is 160 Å². The fraction of sp³-hybridized carbons (Fsp3) is 0.564. The van der Waals surface area contributed by atoms with E-state index < -0.39 is 35.9 Å². The molecule has 2 heterocycles. The second-order valence-corrected chi connectivity index (χ2v) is 20.8. The zero-order chi connectivity index (χ0) is 44.2. The molecule has 0 spiro atoms. The van der Waals surface area contributed by atoms with E-state index in [0.717, 1.165) is 61.6 Å². The summed E-state index contributed by atoms with van der Waals surface area (Å²) < 4.78 is 12.7. The Morgan fingerprint density at radius 3 is 2.41 bits per heavy atom. The Balaban J connectivity index is 0.968. The van der Waals surface area contributed by atoms with Gasteiger partial charge in [-0.05, 0) is 133 Å². The molecule has 0 unspecified atom stereocenters. The number of H-pyrrole nitrogens is 1. The Labute approximate surface area is 378 Å². The fourth-order valence-corrected chi connectivity index (χ4v) is 14.6. The van der Waals surface area contributed by atoms with Crippen molar-refractivity contribution in [3.63, 3.8) is 0 Å². The van der Waals surface area contributed by atoms with Gasteiger partial charge >= 0.3 is 0 Å². The number of allylic oxidation sites excluding steroid dienone is 1. The van der Waals surface area contributed by atoms with Crippen LogP contribution in [0.4, 0.5) is 0 Å². The predicted molar refractivity (Wildman–Crippen MR) is 247 cm³/mol. The van der Waals surface area contributed by atoms with Crippen LogP contribution in [-0.4, -0.2) is 60.5 Å². The van der Waals surface area contributed by atoms with E-state index >= 15 is 0 Å². The first kappa shape index (κ1) is 43.6. The molecule has 5 aliphatic carbocycles. The van der Waals surface area contributed by atoms with Gasteiger partial charge in [-0.25, -0.2) is 0 Å². The molecule has 3 aromatic carbocycles. The van der Waals surface area contributed by atoms with Crippen LogP contribution in [0.3, 0.4) is 0 Å². The minimum atomic E-state index is -1.00. The molecular weight excluding hydrogens is 803 g/mol. The molecule has 6 aliphatic rings. The first-order valence-electron chi connectivity index (χ1n) is 24.6. The number of benzene rings is 3. The molecule has 1 saturated heterocycles. The second kappa shape index (κ2) is 17.8. The van der Waals surface area contributed by atoms with Gasteiger partial charge in [0.25, 0.3) is 0 Å². The van der Waals surface area contributed by atoms with E-state index in [1.807, 2.05) is 24.5 Å². The van der Waals surface area contributed by atoms with Crippen LogP contribution in [0, 0.1) is 29.6 Å². The fourth-order valence-electron chi connectivity index (χ4n) is 14.6. The predicted octanol–water partition coefficient (Wildman–Crippen LogP) is 10.5. The van der Waals surface area contributed by atoms with E-state index in [9.17, 15) is 30.6 Å². The number of nitrogens with one attached hydrogen (secondary N) is 1. The van der Waals surface area contributed by atoms with Crippen molar-refractivity contribution in [2.24, 2.45) is 29.6 Å². The van der Waals surface area contributed by atoms with Crippen molar-refractivity contribution in [3.8, 4) is 23.0 Å². The summed E-state index contributed by atoms with van der Waals surface area (Å²) >= 11 is 0. The number of rotatable bonds is 10. The Hall–Kier alpha value is -4.28. The van der Waals surface area contributed by atoms with Crippen molar-refractivity contribution < 1.29 is 40.1 Å². The maximum absolute atomic E-state index is 13.3. The summed E-state index contributed by atoms with van der Waals surface area (Å²) in [7, 11) is 1.45. The monoisotopic (exact) mass is 872 g/mol. The number of aromatic nitrogens is 1. The van der Waals surface area contributed by atoms with Crippen molar-refractivity contribution in [2.75, 3.05) is 7.11 Å². The summed E-state index contributed by atoms with van der Waals surface area (Å²) in [4.78, 5) is 3.08. The van der Waals surface area contributed by atoms with Crippen LogP contribution < -0.4 is 4.74 Å². The lowest BCUT2D eigenvalue weighted by Crippen LogP contribution is -2.53. The van der Waals surface area contributed by atoms with Gasteiger partial charge in [0, 0.05) is 47.7 Å². The number of phenolic OH excluding ortho intramolecular Hbond substituents is 2. The first-order chi connectivity index (χ1) is 31.1. The smallest absolute Gasteiger partial charge is 0.201 e. The zero-order valence-corrected chi connectivity index (χ0v) is 37.5. The van der Waals surface area contributed by atoms with Gasteiger partial charge in [-0.1, -0.05) is 93.1 Å². The van der Waals surface area contributed by atoms with E-state index in [1.54, 1.807) is 0 Å². The van der Waals surface area contributed by atoms with Crippen molar-refractivity contribution in [2.45, 2.75) is 157 Å². The highest BCUT2D eigenvalue weighted by Crippen LogP contribution is 2.60. The van der Waals surface area contributed by atoms with Gasteiger partial charge in [-0.15, -0.1) is 0 Å². The topological polar surface area (TPSA) is 156 Å². The molecule has 9 nitrogen and oxygen atoms in total. The van der Waals surface area contributed by atoms with Crippen molar-refractivity contribution in [1.29, 1.82) is 0 Å². The Kier molecular flexibility index (Phi) is 12.2. The number of aliphatic hydroxyl groups excluding tert-OH is 2. The summed E-state index contributed by atoms with van der Waals surface area (Å²) in [5.41, 5.74) is 4.61. The van der Waals surface area contributed by atoms with E-state index in [4.69, 9.17) is 9.47 Å². The van der Waals surface area contributed by atoms with Crippen LogP contribution in [0.5, 0.6) is 23.0 Å². The number of phenols is 3. The maximum Gasteiger partial charge on any atom is 0.201 e. The largest absolute Gasteiger partial charge is 0.508 e. The van der Waals surface area contributed by atoms with E-state index in [0.29, 0.717) is 53.9 Å². The molecule has 10 rings (SSSR count). The van der Waals surface area contributed by atoms with Gasteiger partial charge in [0.1, 0.15) is 5.75 Å². The van der Waals surface area contributed by atoms with Gasteiger partial charge in [0.05, 0.1) is 37.6 Å². The number of aromatic amines is 1. The zero-order valence-electron chi connectivity index (χ0n) is 37.5. The average Bonchev–Trinajstić information content (AvgIpc) is 4.06. The molecule has 0 bridgehead atoms. The molecule has 342 valence electrons. The Morgan fingerprint density at radius 1 is 0.828 bits per heavy atom. The second-order valence-electron chi connectivity index (χ2n) is 20.8. The number of ether oxygens (including phenoxy) is 2. The first-order valence-corrected chi connectivity index (χ1v) is 24.6. The van der Waals surface area contributed by atoms with Gasteiger partial charge in [-0.2, -0.15) is 0 Å². The summed E-state index contributed by atoms with van der Waals surface area (Å²) in [5, 5.41) is 69.9. The standard InChI is InChI=1S/C55H69NO8/c1-63-53-43(25-33-21-24-56-30-33)50(44(31-57)51(60)52(53)61)49-29-47(59)40-17-14-37(28-48(40)64-49)36-16-19-46(58)42(27-36)41-26-35(34-9-5-6-10-34)15-18-45(41)55(62)23-20-39-13-7-8-22-54(39,32-55)38-11-3-2-4-12-38/h2-4,11-12,16,19-21,23-24,27,30,34-35,37,39-41,45,47-49,56-62H,5-10,13-15,17-18,22,25-26,28-29,31-32H2,1H3/t35-,37-,39-,40-,41-,45+,47+,48+,49+,54+,55-/m1/s1. The molecule has 7 N–H and O–H groups in total. The van der Waals surface area contributed by atoms with Crippen LogP contribution in [0.15, 0.2) is 79.1 Å². The summed E-state index contributed by atoms with van der Waals surface area (Å²) in [6, 6.07) is 19.1. The normalized spacial score (nSPS) is 34.3. The summed E-state index contributed by atoms with van der Waals surface area (Å²) in [6.07, 6.45) is 23.0. The molecule has 0 amide bonds. The molecule has 1 aromatic heterocycles. The lowest BCUT2D eigenvalue weighted by atomic mass is 9.51. The molecule has 64 heavy (non-hydrogen) atoms. The van der Waals surface area contributed by atoms with E-state index in [2.05, 4.69) is 59.6 Å². The molecule has 9 heteroatoms. The van der Waals surface area contributed by atoms with Crippen LogP contribution in [-0.2, 0) is 23.2 Å². The Morgan fingerprint density at radius 2 is 1.64 bits per heavy atom. The van der Waals surface area contributed by atoms with Crippen molar-refractivity contribution in [1.82, 2.24) is 4.98 Å². The van der Waals surface area contributed by atoms with E-state index in [1.165, 1.54) is 51.2 Å². The molecule has 0 radical (unpaired) electrons. The minimum Gasteiger partial charge on any atom is -0.508 e. The minimum absolute atomic E-state index is 0.00268. The van der Waals surface area contributed by atoms with E-state index in [-0.39, 0.29) is 52.9 Å². The average molecular weight is 872 g/mol. The third-order valence-electron chi connectivity index (χ3n) is 17.7. The third kappa shape index (κ3) is 7.76. The highest BCUT2D eigenvalue weighted by Gasteiger charge is 2.54. The van der Waals surface area contributed by atoms with Gasteiger partial charge in [0.15, 0.2) is 11.5 Å². The lowest BCUT2D eigenvalue weighted by Gasteiger charge is -2.55. The van der Waals surface area contributed by atoms with Crippen LogP contribution >= 0.6 is 0 Å². The third-order valence-corrected chi connectivity index (χ3v) is 17.7. The van der Waals surface area contributed by atoms with Crippen molar-refractivity contribution >= 4 is 0 Å². The van der Waals surface area contributed by atoms with Crippen LogP contribution in [0.25, 0.3) is 0 Å². The Bertz CT molecular complexity index is 2290. The summed E-state index contributed by atoms with van der Waals surface area (Å²) in [6.45, 7) is -0.523. The lowest BCUT2D eigenvalue weighted by molar-refractivity contribution is -0.154. The number of methoxy groups -OCH3 is 1. The number of aliphatic hydroxyl groups is 3. The highest BCUT2D eigenvalue weighted by molar-refractivity contribution is 5.64. The highest BCUT2D eigenvalue weighted by atomic mass is 16.5. The molecule has 5 fully saturated rings. The number of aromatic hydroxyl groups is 3. The summed E-state index contributed by atoms with van der Waals surface area (Å²) in [5.74, 6) is 1.26. The molecular formula is C55H69NO8. The molecule has 1 aliphatic heterocycles. The van der Waals surface area contributed by atoms with Crippen LogP contribution in [0.2, 0.25) is 0 Å². The maximum atomic E-state index is 13.3. The number of fused-ring (bicyclic) bond motifs is 2. The molecule has 11 atom stereocenters. The van der Waals surface area contributed by atoms with Gasteiger partial charge in [0.2, 0.25) is 5.75 Å². The van der Waals surface area contributed by atoms with Gasteiger partial charge < -0.3 is 45.1 Å². The SMILES string of the molecule is COc1c(O)c(O)c(CO)c([C@@H]2C[C@H](O)[C@H]3CC[C@@H](c4ccc(O)c([C@H]5C[C@H](C6CCCC6)CC[C@@H]5[C@@]5(O)C=C[C@H]6CCCC[C@@]6(c6ccccc6)C5)c4)C[C@@H]3O2)c1Cc1cc[nH]c1. The number of hydrogen-bond acceptors (Lipinski definition) is 8. The van der Waals surface area contributed by atoms with Gasteiger partial charge in [-0.3, -0.25) is 0 Å². The van der Waals surface area contributed by atoms with Crippen molar-refractivity contribution in [3.05, 3.63) is 118 Å². The molecule has 4 aromatic rings. The quantitative estimate of drug-likeness (QED) is 0.0614. The number of hydrogen-bond donors (Lipinski definition) is 7. The molecule has 4 saturated carbocycles.